The molecule has 2 rings (SSSR count). The highest BCUT2D eigenvalue weighted by Gasteiger charge is 2.33. The number of halogens is 4. The second kappa shape index (κ2) is 6.96. The summed E-state index contributed by atoms with van der Waals surface area (Å²) >= 11 is 0. The van der Waals surface area contributed by atoms with Gasteiger partial charge in [-0.05, 0) is 18.1 Å². The van der Waals surface area contributed by atoms with Gasteiger partial charge in [0.1, 0.15) is 5.82 Å². The van der Waals surface area contributed by atoms with Gasteiger partial charge in [-0.1, -0.05) is 26.3 Å². The molecular weight excluding hydrogens is 296 g/mol. The van der Waals surface area contributed by atoms with Gasteiger partial charge in [0.2, 0.25) is 0 Å². The molecule has 1 aliphatic rings. The van der Waals surface area contributed by atoms with Crippen LogP contribution < -0.4 is 5.32 Å². The number of nitrogens with zero attached hydrogens (tertiary/aromatic N) is 1. The molecule has 2 atom stereocenters. The minimum absolute atomic E-state index is 0.171. The van der Waals surface area contributed by atoms with Crippen LogP contribution in [0.2, 0.25) is 0 Å². The maximum Gasteiger partial charge on any atom is 0.416 e. The van der Waals surface area contributed by atoms with Gasteiger partial charge >= 0.3 is 6.18 Å². The molecule has 1 N–H and O–H groups in total. The van der Waals surface area contributed by atoms with E-state index in [0.29, 0.717) is 11.6 Å². The van der Waals surface area contributed by atoms with E-state index in [0.717, 1.165) is 38.7 Å². The van der Waals surface area contributed by atoms with E-state index in [1.165, 1.54) is 6.07 Å². The molecular formula is C16H22F4N2. The molecule has 0 spiro atoms. The molecule has 1 aromatic carbocycles. The topological polar surface area (TPSA) is 15.3 Å². The molecule has 1 saturated heterocycles. The number of nitrogens with one attached hydrogen (secondary N) is 1. The van der Waals surface area contributed by atoms with Crippen molar-refractivity contribution in [1.82, 2.24) is 10.2 Å². The Morgan fingerprint density at radius 2 is 1.86 bits per heavy atom. The number of piperazine rings is 1. The third kappa shape index (κ3) is 3.79. The number of alkyl halides is 3. The van der Waals surface area contributed by atoms with E-state index in [9.17, 15) is 17.6 Å². The lowest BCUT2D eigenvalue weighted by molar-refractivity contribution is -0.137. The number of hydrogen-bond donors (Lipinski definition) is 1. The fourth-order valence-electron chi connectivity index (χ4n) is 2.99. The summed E-state index contributed by atoms with van der Waals surface area (Å²) in [5, 5.41) is 3.24. The summed E-state index contributed by atoms with van der Waals surface area (Å²) < 4.78 is 52.4. The Morgan fingerprint density at radius 1 is 1.23 bits per heavy atom. The summed E-state index contributed by atoms with van der Waals surface area (Å²) in [7, 11) is 0. The van der Waals surface area contributed by atoms with E-state index in [2.05, 4.69) is 10.2 Å². The van der Waals surface area contributed by atoms with Crippen molar-refractivity contribution < 1.29 is 17.6 Å². The maximum atomic E-state index is 14.3. The zero-order chi connectivity index (χ0) is 16.3. The Kier molecular flexibility index (Phi) is 5.45. The Labute approximate surface area is 128 Å². The summed E-state index contributed by atoms with van der Waals surface area (Å²) in [6.07, 6.45) is -3.67. The van der Waals surface area contributed by atoms with E-state index in [1.54, 1.807) is 0 Å². The summed E-state index contributed by atoms with van der Waals surface area (Å²) in [5.41, 5.74) is -0.568. The molecule has 0 aromatic heterocycles. The van der Waals surface area contributed by atoms with Gasteiger partial charge in [0.05, 0.1) is 5.56 Å². The quantitative estimate of drug-likeness (QED) is 0.849. The van der Waals surface area contributed by atoms with Crippen LogP contribution >= 0.6 is 0 Å². The molecule has 1 heterocycles. The molecule has 6 heteroatoms. The average molecular weight is 318 g/mol. The van der Waals surface area contributed by atoms with Crippen LogP contribution in [0.5, 0.6) is 0 Å². The van der Waals surface area contributed by atoms with E-state index >= 15 is 0 Å². The Balaban J connectivity index is 2.35. The molecule has 1 aromatic rings. The van der Waals surface area contributed by atoms with Crippen LogP contribution in [0.25, 0.3) is 0 Å². The predicted octanol–water partition coefficient (Wildman–Crippen LogP) is 3.84. The third-order valence-corrected chi connectivity index (χ3v) is 4.37. The monoisotopic (exact) mass is 318 g/mol. The van der Waals surface area contributed by atoms with Gasteiger partial charge in [-0.2, -0.15) is 13.2 Å². The molecule has 2 nitrogen and oxygen atoms in total. The standard InChI is InChI=1S/C16H22F4N2/c1-3-11(2)15(22-8-6-21-7-9-22)13-5-4-12(10-14(13)17)16(18,19)20/h4-5,10-11,15,21H,3,6-9H2,1-2H3/t11?,15-/m0/s1. The summed E-state index contributed by atoms with van der Waals surface area (Å²) in [5.74, 6) is -0.594. The number of hydrogen-bond acceptors (Lipinski definition) is 2. The molecule has 0 bridgehead atoms. The van der Waals surface area contributed by atoms with Crippen molar-refractivity contribution in [3.05, 3.63) is 35.1 Å². The second-order valence-electron chi connectivity index (χ2n) is 5.85. The first-order valence-electron chi connectivity index (χ1n) is 7.66. The highest BCUT2D eigenvalue weighted by molar-refractivity contribution is 5.29. The van der Waals surface area contributed by atoms with E-state index < -0.39 is 17.6 Å². The second-order valence-corrected chi connectivity index (χ2v) is 5.85. The molecule has 1 unspecified atom stereocenters. The van der Waals surface area contributed by atoms with Gasteiger partial charge in [0, 0.05) is 37.8 Å². The minimum atomic E-state index is -4.51. The molecule has 22 heavy (non-hydrogen) atoms. The van der Waals surface area contributed by atoms with Crippen molar-refractivity contribution in [2.75, 3.05) is 26.2 Å². The molecule has 1 fully saturated rings. The molecule has 0 amide bonds. The average Bonchev–Trinajstić information content (AvgIpc) is 2.49. The Hall–Kier alpha value is -1.14. The first kappa shape index (κ1) is 17.2. The molecule has 124 valence electrons. The summed E-state index contributed by atoms with van der Waals surface area (Å²) in [6.45, 7) is 7.21. The molecule has 0 saturated carbocycles. The van der Waals surface area contributed by atoms with Crippen LogP contribution in [-0.2, 0) is 6.18 Å². The Morgan fingerprint density at radius 3 is 2.36 bits per heavy atom. The fraction of sp³-hybridized carbons (Fsp3) is 0.625. The summed E-state index contributed by atoms with van der Waals surface area (Å²) in [4.78, 5) is 2.16. The summed E-state index contributed by atoms with van der Waals surface area (Å²) in [6, 6.07) is 2.72. The van der Waals surface area contributed by atoms with Gasteiger partial charge in [-0.25, -0.2) is 4.39 Å². The van der Waals surface area contributed by atoms with Crippen LogP contribution in [0.4, 0.5) is 17.6 Å². The van der Waals surface area contributed by atoms with Crippen LogP contribution in [0.1, 0.15) is 37.4 Å². The third-order valence-electron chi connectivity index (χ3n) is 4.37. The maximum absolute atomic E-state index is 14.3. The van der Waals surface area contributed by atoms with Crippen LogP contribution in [0.15, 0.2) is 18.2 Å². The molecule has 0 aliphatic carbocycles. The predicted molar refractivity (Wildman–Crippen MR) is 78.0 cm³/mol. The van der Waals surface area contributed by atoms with E-state index in [-0.39, 0.29) is 12.0 Å². The number of benzene rings is 1. The molecule has 0 radical (unpaired) electrons. The fourth-order valence-corrected chi connectivity index (χ4v) is 2.99. The van der Waals surface area contributed by atoms with Crippen molar-refractivity contribution in [2.45, 2.75) is 32.5 Å². The van der Waals surface area contributed by atoms with Crippen molar-refractivity contribution >= 4 is 0 Å². The van der Waals surface area contributed by atoms with Gasteiger partial charge in [0.15, 0.2) is 0 Å². The van der Waals surface area contributed by atoms with Crippen molar-refractivity contribution in [1.29, 1.82) is 0 Å². The van der Waals surface area contributed by atoms with Crippen LogP contribution in [0, 0.1) is 11.7 Å². The minimum Gasteiger partial charge on any atom is -0.314 e. The van der Waals surface area contributed by atoms with Gasteiger partial charge in [-0.3, -0.25) is 4.90 Å². The lowest BCUT2D eigenvalue weighted by Gasteiger charge is -2.38. The van der Waals surface area contributed by atoms with E-state index in [1.807, 2.05) is 13.8 Å². The van der Waals surface area contributed by atoms with Crippen LogP contribution in [0.3, 0.4) is 0 Å². The van der Waals surface area contributed by atoms with E-state index in [4.69, 9.17) is 0 Å². The number of rotatable bonds is 4. The Bertz CT molecular complexity index is 495. The smallest absolute Gasteiger partial charge is 0.314 e. The highest BCUT2D eigenvalue weighted by Crippen LogP contribution is 2.36. The SMILES string of the molecule is CCC(C)[C@@H](c1ccc(C(F)(F)F)cc1F)N1CCNCC1. The van der Waals surface area contributed by atoms with Gasteiger partial charge in [0.25, 0.3) is 0 Å². The van der Waals surface area contributed by atoms with Gasteiger partial charge < -0.3 is 5.32 Å². The first-order valence-corrected chi connectivity index (χ1v) is 7.66. The molecule has 1 aliphatic heterocycles. The van der Waals surface area contributed by atoms with Crippen LogP contribution in [-0.4, -0.2) is 31.1 Å². The zero-order valence-electron chi connectivity index (χ0n) is 12.9. The normalized spacial score (nSPS) is 19.9. The van der Waals surface area contributed by atoms with Crippen molar-refractivity contribution in [3.63, 3.8) is 0 Å². The van der Waals surface area contributed by atoms with Crippen molar-refractivity contribution in [3.8, 4) is 0 Å². The lowest BCUT2D eigenvalue weighted by atomic mass is 9.89. The lowest BCUT2D eigenvalue weighted by Crippen LogP contribution is -2.46. The highest BCUT2D eigenvalue weighted by atomic mass is 19.4. The largest absolute Gasteiger partial charge is 0.416 e. The first-order chi connectivity index (χ1) is 10.3. The zero-order valence-corrected chi connectivity index (χ0v) is 12.9. The van der Waals surface area contributed by atoms with Crippen molar-refractivity contribution in [2.24, 2.45) is 5.92 Å². The van der Waals surface area contributed by atoms with Gasteiger partial charge in [-0.15, -0.1) is 0 Å².